The maximum absolute atomic E-state index is 12.1. The summed E-state index contributed by atoms with van der Waals surface area (Å²) in [6.07, 6.45) is 0.279. The summed E-state index contributed by atoms with van der Waals surface area (Å²) in [4.78, 5) is 12.1. The molecular formula is C17H20N2O2. The van der Waals surface area contributed by atoms with Crippen molar-refractivity contribution in [2.24, 2.45) is 0 Å². The quantitative estimate of drug-likeness (QED) is 0.830. The minimum absolute atomic E-state index is 0.0526. The molecule has 2 rings (SSSR count). The topological polar surface area (TPSA) is 64.3 Å². The van der Waals surface area contributed by atoms with Crippen LogP contribution in [-0.4, -0.2) is 13.0 Å². The molecule has 0 bridgehead atoms. The van der Waals surface area contributed by atoms with Gasteiger partial charge in [0, 0.05) is 5.69 Å². The van der Waals surface area contributed by atoms with Crippen LogP contribution in [0.5, 0.6) is 5.75 Å². The molecule has 0 heterocycles. The largest absolute Gasteiger partial charge is 0.497 e. The summed E-state index contributed by atoms with van der Waals surface area (Å²) in [6.45, 7) is 1.95. The summed E-state index contributed by atoms with van der Waals surface area (Å²) in [5, 5.41) is 2.97. The number of rotatable bonds is 5. The molecule has 3 N–H and O–H groups in total. The summed E-state index contributed by atoms with van der Waals surface area (Å²) < 4.78 is 5.19. The number of methoxy groups -OCH3 is 1. The van der Waals surface area contributed by atoms with Gasteiger partial charge >= 0.3 is 0 Å². The monoisotopic (exact) mass is 284 g/mol. The lowest BCUT2D eigenvalue weighted by atomic mass is 10.1. The number of carbonyl (C=O) groups is 1. The van der Waals surface area contributed by atoms with Gasteiger partial charge in [-0.05, 0) is 36.2 Å². The van der Waals surface area contributed by atoms with E-state index in [1.54, 1.807) is 13.2 Å². The molecule has 4 heteroatoms. The highest BCUT2D eigenvalue weighted by molar-refractivity contribution is 5.80. The molecule has 0 fully saturated rings. The molecule has 2 aromatic rings. The number of hydrogen-bond acceptors (Lipinski definition) is 3. The van der Waals surface area contributed by atoms with E-state index in [0.717, 1.165) is 16.9 Å². The van der Waals surface area contributed by atoms with E-state index in [0.29, 0.717) is 5.69 Å². The van der Waals surface area contributed by atoms with Crippen molar-refractivity contribution in [1.29, 1.82) is 0 Å². The molecule has 0 radical (unpaired) electrons. The lowest BCUT2D eigenvalue weighted by Gasteiger charge is -2.15. The number of nitrogens with two attached hydrogens (primary N) is 1. The Morgan fingerprint density at radius 3 is 2.71 bits per heavy atom. The first-order valence-corrected chi connectivity index (χ1v) is 6.87. The summed E-state index contributed by atoms with van der Waals surface area (Å²) in [7, 11) is 1.63. The van der Waals surface area contributed by atoms with Gasteiger partial charge in [-0.25, -0.2) is 0 Å². The van der Waals surface area contributed by atoms with Gasteiger partial charge in [-0.1, -0.05) is 30.3 Å². The van der Waals surface area contributed by atoms with Gasteiger partial charge in [-0.15, -0.1) is 0 Å². The Kier molecular flexibility index (Phi) is 4.82. The van der Waals surface area contributed by atoms with Crippen LogP contribution >= 0.6 is 0 Å². The Hall–Kier alpha value is -2.49. The molecule has 0 saturated heterocycles. The van der Waals surface area contributed by atoms with Crippen molar-refractivity contribution in [3.8, 4) is 5.75 Å². The summed E-state index contributed by atoms with van der Waals surface area (Å²) in [6, 6.07) is 15.0. The highest BCUT2D eigenvalue weighted by Gasteiger charge is 2.11. The molecule has 21 heavy (non-hydrogen) atoms. The fourth-order valence-electron chi connectivity index (χ4n) is 2.15. The van der Waals surface area contributed by atoms with Crippen molar-refractivity contribution in [2.45, 2.75) is 19.4 Å². The summed E-state index contributed by atoms with van der Waals surface area (Å²) >= 11 is 0. The molecule has 0 spiro atoms. The van der Waals surface area contributed by atoms with Crippen molar-refractivity contribution in [1.82, 2.24) is 5.32 Å². The zero-order chi connectivity index (χ0) is 15.2. The van der Waals surface area contributed by atoms with Crippen LogP contribution in [0.3, 0.4) is 0 Å². The Morgan fingerprint density at radius 1 is 1.24 bits per heavy atom. The van der Waals surface area contributed by atoms with Crippen LogP contribution in [0.15, 0.2) is 48.5 Å². The molecule has 1 amide bonds. The lowest BCUT2D eigenvalue weighted by Crippen LogP contribution is -2.28. The number of para-hydroxylation sites is 1. The molecular weight excluding hydrogens is 264 g/mol. The highest BCUT2D eigenvalue weighted by Crippen LogP contribution is 2.19. The molecule has 110 valence electrons. The van der Waals surface area contributed by atoms with Crippen LogP contribution in [0.2, 0.25) is 0 Å². The van der Waals surface area contributed by atoms with E-state index < -0.39 is 0 Å². The van der Waals surface area contributed by atoms with E-state index in [2.05, 4.69) is 5.32 Å². The van der Waals surface area contributed by atoms with Crippen molar-refractivity contribution < 1.29 is 9.53 Å². The van der Waals surface area contributed by atoms with Crippen LogP contribution < -0.4 is 15.8 Å². The first-order chi connectivity index (χ1) is 10.1. The van der Waals surface area contributed by atoms with Gasteiger partial charge in [-0.3, -0.25) is 4.79 Å². The Balaban J connectivity index is 2.00. The molecule has 0 aliphatic carbocycles. The molecule has 2 aromatic carbocycles. The van der Waals surface area contributed by atoms with Crippen molar-refractivity contribution >= 4 is 11.6 Å². The van der Waals surface area contributed by atoms with Crippen LogP contribution in [0.4, 0.5) is 5.69 Å². The van der Waals surface area contributed by atoms with Crippen molar-refractivity contribution in [2.75, 3.05) is 12.8 Å². The summed E-state index contributed by atoms with van der Waals surface area (Å²) in [5.41, 5.74) is 8.34. The number of amides is 1. The van der Waals surface area contributed by atoms with Gasteiger partial charge in [0.15, 0.2) is 0 Å². The molecule has 0 aliphatic heterocycles. The fraction of sp³-hybridized carbons (Fsp3) is 0.235. The second-order valence-corrected chi connectivity index (χ2v) is 4.94. The maximum atomic E-state index is 12.1. The van der Waals surface area contributed by atoms with Gasteiger partial charge in [-0.2, -0.15) is 0 Å². The van der Waals surface area contributed by atoms with Crippen molar-refractivity contribution in [3.63, 3.8) is 0 Å². The third-order valence-corrected chi connectivity index (χ3v) is 3.38. The number of anilines is 1. The lowest BCUT2D eigenvalue weighted by molar-refractivity contribution is -0.121. The predicted octanol–water partition coefficient (Wildman–Crippen LogP) is 2.70. The number of nitrogens with one attached hydrogen (secondary N) is 1. The van der Waals surface area contributed by atoms with E-state index >= 15 is 0 Å². The van der Waals surface area contributed by atoms with E-state index in [1.165, 1.54) is 0 Å². The third-order valence-electron chi connectivity index (χ3n) is 3.38. The maximum Gasteiger partial charge on any atom is 0.224 e. The molecule has 1 unspecified atom stereocenters. The van der Waals surface area contributed by atoms with Crippen LogP contribution in [0.25, 0.3) is 0 Å². The van der Waals surface area contributed by atoms with E-state index in [9.17, 15) is 4.79 Å². The average Bonchev–Trinajstić information content (AvgIpc) is 2.49. The van der Waals surface area contributed by atoms with Gasteiger partial charge < -0.3 is 15.8 Å². The van der Waals surface area contributed by atoms with Crippen LogP contribution in [-0.2, 0) is 11.2 Å². The van der Waals surface area contributed by atoms with Gasteiger partial charge in [0.05, 0.1) is 19.6 Å². The predicted molar refractivity (Wildman–Crippen MR) is 84.1 cm³/mol. The fourth-order valence-corrected chi connectivity index (χ4v) is 2.15. The SMILES string of the molecule is COc1cccc(C(C)NC(=O)Cc2ccccc2N)c1. The standard InChI is InChI=1S/C17H20N2O2/c1-12(13-7-5-8-15(10-13)21-2)19-17(20)11-14-6-3-4-9-16(14)18/h3-10,12H,11,18H2,1-2H3,(H,19,20). The van der Waals surface area contributed by atoms with Crippen molar-refractivity contribution in [3.05, 3.63) is 59.7 Å². The number of ether oxygens (including phenoxy) is 1. The van der Waals surface area contributed by atoms with E-state index in [-0.39, 0.29) is 18.4 Å². The van der Waals surface area contributed by atoms with Crippen LogP contribution in [0.1, 0.15) is 24.1 Å². The number of hydrogen-bond donors (Lipinski definition) is 2. The number of carbonyl (C=O) groups excluding carboxylic acids is 1. The normalized spacial score (nSPS) is 11.7. The van der Waals surface area contributed by atoms with Gasteiger partial charge in [0.2, 0.25) is 5.91 Å². The molecule has 4 nitrogen and oxygen atoms in total. The Labute approximate surface area is 124 Å². The third kappa shape index (κ3) is 3.99. The molecule has 0 saturated carbocycles. The van der Waals surface area contributed by atoms with E-state index in [1.807, 2.05) is 49.4 Å². The van der Waals surface area contributed by atoms with Gasteiger partial charge in [0.1, 0.15) is 5.75 Å². The minimum Gasteiger partial charge on any atom is -0.497 e. The highest BCUT2D eigenvalue weighted by atomic mass is 16.5. The number of benzene rings is 2. The molecule has 1 atom stereocenters. The summed E-state index contributed by atoms with van der Waals surface area (Å²) in [5.74, 6) is 0.726. The van der Waals surface area contributed by atoms with Gasteiger partial charge in [0.25, 0.3) is 0 Å². The average molecular weight is 284 g/mol. The smallest absolute Gasteiger partial charge is 0.224 e. The number of nitrogen functional groups attached to an aromatic ring is 1. The minimum atomic E-state index is -0.0856. The first-order valence-electron chi connectivity index (χ1n) is 6.87. The van der Waals surface area contributed by atoms with Crippen LogP contribution in [0, 0.1) is 0 Å². The zero-order valence-electron chi connectivity index (χ0n) is 12.3. The Morgan fingerprint density at radius 2 is 2.00 bits per heavy atom. The Bertz CT molecular complexity index is 626. The molecule has 0 aliphatic rings. The van der Waals surface area contributed by atoms with E-state index in [4.69, 9.17) is 10.5 Å². The second-order valence-electron chi connectivity index (χ2n) is 4.94. The zero-order valence-corrected chi connectivity index (χ0v) is 12.3. The second kappa shape index (κ2) is 6.79. The molecule has 0 aromatic heterocycles. The first kappa shape index (κ1) is 14.9.